The van der Waals surface area contributed by atoms with Gasteiger partial charge in [-0.2, -0.15) is 0 Å². The van der Waals surface area contributed by atoms with Crippen LogP contribution < -0.4 is 15.5 Å². The van der Waals surface area contributed by atoms with Crippen molar-refractivity contribution >= 4 is 24.2 Å². The molecule has 0 radical (unpaired) electrons. The van der Waals surface area contributed by atoms with Gasteiger partial charge in [-0.15, -0.1) is 0 Å². The zero-order chi connectivity index (χ0) is 18.8. The average Bonchev–Trinajstić information content (AvgIpc) is 2.81. The molecule has 0 unspecified atom stereocenters. The van der Waals surface area contributed by atoms with Gasteiger partial charge >= 0.3 is 7.12 Å². The summed E-state index contributed by atoms with van der Waals surface area (Å²) >= 11 is 6.61. The maximum absolute atomic E-state index is 6.61. The molecule has 0 aromatic heterocycles. The zero-order valence-electron chi connectivity index (χ0n) is 16.4. The average molecular weight is 380 g/mol. The molecule has 1 aromatic rings. The predicted molar refractivity (Wildman–Crippen MR) is 107 cm³/mol. The molecule has 0 bridgehead atoms. The summed E-state index contributed by atoms with van der Waals surface area (Å²) in [7, 11) is -0.467. The van der Waals surface area contributed by atoms with Crippen LogP contribution in [-0.2, 0) is 9.31 Å². The fourth-order valence-electron chi connectivity index (χ4n) is 3.52. The lowest BCUT2D eigenvalue weighted by molar-refractivity contribution is 0.00578. The first-order chi connectivity index (χ1) is 12.3. The molecule has 1 N–H and O–H groups in total. The molecule has 0 spiro atoms. The van der Waals surface area contributed by atoms with Crippen molar-refractivity contribution in [2.24, 2.45) is 5.92 Å². The Morgan fingerprint density at radius 2 is 1.81 bits per heavy atom. The minimum atomic E-state index is -0.467. The van der Waals surface area contributed by atoms with Crippen molar-refractivity contribution < 1.29 is 14.0 Å². The minimum Gasteiger partial charge on any atom is -0.492 e. The third kappa shape index (κ3) is 4.38. The first kappa shape index (κ1) is 20.0. The van der Waals surface area contributed by atoms with Gasteiger partial charge in [0.1, 0.15) is 5.75 Å². The second kappa shape index (κ2) is 8.09. The molecular formula is C20H31BClNO3. The first-order valence-corrected chi connectivity index (χ1v) is 10.2. The van der Waals surface area contributed by atoms with Crippen molar-refractivity contribution in [1.29, 1.82) is 0 Å². The van der Waals surface area contributed by atoms with Crippen molar-refractivity contribution in [2.75, 3.05) is 19.7 Å². The van der Waals surface area contributed by atoms with Gasteiger partial charge in [0.25, 0.3) is 0 Å². The summed E-state index contributed by atoms with van der Waals surface area (Å²) in [4.78, 5) is 0. The number of piperidine rings is 1. The highest BCUT2D eigenvalue weighted by Gasteiger charge is 2.52. The Labute approximate surface area is 163 Å². The summed E-state index contributed by atoms with van der Waals surface area (Å²) in [5, 5.41) is 4.00. The van der Waals surface area contributed by atoms with Gasteiger partial charge in [0.15, 0.2) is 0 Å². The van der Waals surface area contributed by atoms with E-state index in [4.69, 9.17) is 25.6 Å². The second-order valence-corrected chi connectivity index (χ2v) is 8.81. The summed E-state index contributed by atoms with van der Waals surface area (Å²) in [5.74, 6) is 1.54. The summed E-state index contributed by atoms with van der Waals surface area (Å²) in [5.41, 5.74) is 0.0700. The number of ether oxygens (including phenoxy) is 1. The lowest BCUT2D eigenvalue weighted by Gasteiger charge is -2.32. The Morgan fingerprint density at radius 3 is 2.46 bits per heavy atom. The molecule has 26 heavy (non-hydrogen) atoms. The summed E-state index contributed by atoms with van der Waals surface area (Å²) in [6.45, 7) is 11.2. The molecule has 2 fully saturated rings. The molecule has 0 amide bonds. The molecular weight excluding hydrogens is 348 g/mol. The van der Waals surface area contributed by atoms with Crippen LogP contribution in [0.15, 0.2) is 18.2 Å². The standard InChI is InChI=1S/C20H31BClNO3/c1-19(2)20(3,4)26-21(25-19)16-8-5-9-17(18(16)22)24-14-6-7-15-10-12-23-13-11-15/h5,8-9,15,23H,6-7,10-14H2,1-4H3. The van der Waals surface area contributed by atoms with Crippen LogP contribution in [0.1, 0.15) is 53.4 Å². The van der Waals surface area contributed by atoms with Crippen LogP contribution in [0, 0.1) is 5.92 Å². The summed E-state index contributed by atoms with van der Waals surface area (Å²) in [6.07, 6.45) is 4.83. The van der Waals surface area contributed by atoms with Crippen molar-refractivity contribution in [3.8, 4) is 5.75 Å². The molecule has 3 rings (SSSR count). The Kier molecular flexibility index (Phi) is 6.23. The highest BCUT2D eigenvalue weighted by Crippen LogP contribution is 2.37. The van der Waals surface area contributed by atoms with Crippen molar-refractivity contribution in [2.45, 2.75) is 64.6 Å². The Bertz CT molecular complexity index is 601. The first-order valence-electron chi connectivity index (χ1n) is 9.78. The number of hydrogen-bond donors (Lipinski definition) is 1. The summed E-state index contributed by atoms with van der Waals surface area (Å²) < 4.78 is 18.2. The molecule has 4 nitrogen and oxygen atoms in total. The van der Waals surface area contributed by atoms with Crippen LogP contribution in [0.25, 0.3) is 0 Å². The summed E-state index contributed by atoms with van der Waals surface area (Å²) in [6, 6.07) is 5.82. The highest BCUT2D eigenvalue weighted by atomic mass is 35.5. The SMILES string of the molecule is CC1(C)OB(c2cccc(OCCCC3CCNCC3)c2Cl)OC1(C)C. The maximum Gasteiger partial charge on any atom is 0.496 e. The van der Waals surface area contributed by atoms with E-state index < -0.39 is 7.12 Å². The van der Waals surface area contributed by atoms with Gasteiger partial charge in [-0.05, 0) is 78.5 Å². The van der Waals surface area contributed by atoms with E-state index in [1.807, 2.05) is 45.9 Å². The van der Waals surface area contributed by atoms with Gasteiger partial charge in [-0.25, -0.2) is 0 Å². The molecule has 0 saturated carbocycles. The number of hydrogen-bond acceptors (Lipinski definition) is 4. The molecule has 2 saturated heterocycles. The normalized spacial score (nSPS) is 22.6. The van der Waals surface area contributed by atoms with E-state index in [0.29, 0.717) is 17.4 Å². The third-order valence-corrected chi connectivity index (χ3v) is 6.38. The molecule has 2 heterocycles. The van der Waals surface area contributed by atoms with Crippen LogP contribution in [0.3, 0.4) is 0 Å². The van der Waals surface area contributed by atoms with E-state index in [-0.39, 0.29) is 11.2 Å². The minimum absolute atomic E-state index is 0.382. The van der Waals surface area contributed by atoms with Gasteiger partial charge in [0.05, 0.1) is 22.8 Å². The molecule has 2 aliphatic heterocycles. The quantitative estimate of drug-likeness (QED) is 0.603. The van der Waals surface area contributed by atoms with E-state index in [9.17, 15) is 0 Å². The molecule has 1 aromatic carbocycles. The van der Waals surface area contributed by atoms with Crippen LogP contribution in [0.2, 0.25) is 5.02 Å². The van der Waals surface area contributed by atoms with Crippen LogP contribution in [0.5, 0.6) is 5.75 Å². The van der Waals surface area contributed by atoms with Gasteiger partial charge in [0.2, 0.25) is 0 Å². The molecule has 2 aliphatic rings. The highest BCUT2D eigenvalue weighted by molar-refractivity contribution is 6.66. The number of halogens is 1. The molecule has 0 atom stereocenters. The number of benzene rings is 1. The van der Waals surface area contributed by atoms with E-state index in [1.165, 1.54) is 19.3 Å². The van der Waals surface area contributed by atoms with Crippen molar-refractivity contribution in [3.63, 3.8) is 0 Å². The van der Waals surface area contributed by atoms with Crippen molar-refractivity contribution in [1.82, 2.24) is 5.32 Å². The lowest BCUT2D eigenvalue weighted by atomic mass is 9.79. The van der Waals surface area contributed by atoms with Crippen LogP contribution >= 0.6 is 11.6 Å². The molecule has 144 valence electrons. The lowest BCUT2D eigenvalue weighted by Crippen LogP contribution is -2.41. The van der Waals surface area contributed by atoms with Crippen LogP contribution in [-0.4, -0.2) is 38.0 Å². The topological polar surface area (TPSA) is 39.7 Å². The number of rotatable bonds is 6. The van der Waals surface area contributed by atoms with E-state index in [2.05, 4.69) is 5.32 Å². The van der Waals surface area contributed by atoms with Crippen molar-refractivity contribution in [3.05, 3.63) is 23.2 Å². The van der Waals surface area contributed by atoms with Gasteiger partial charge in [-0.1, -0.05) is 23.7 Å². The Morgan fingerprint density at radius 1 is 1.15 bits per heavy atom. The van der Waals surface area contributed by atoms with Gasteiger partial charge < -0.3 is 19.4 Å². The Hall–Kier alpha value is -0.745. The fraction of sp³-hybridized carbons (Fsp3) is 0.700. The fourth-order valence-corrected chi connectivity index (χ4v) is 3.79. The van der Waals surface area contributed by atoms with E-state index >= 15 is 0 Å². The van der Waals surface area contributed by atoms with Crippen LogP contribution in [0.4, 0.5) is 0 Å². The van der Waals surface area contributed by atoms with E-state index in [1.54, 1.807) is 0 Å². The number of nitrogens with one attached hydrogen (secondary N) is 1. The molecule has 0 aliphatic carbocycles. The third-order valence-electron chi connectivity index (χ3n) is 5.97. The Balaban J connectivity index is 1.57. The maximum atomic E-state index is 6.61. The second-order valence-electron chi connectivity index (χ2n) is 8.43. The zero-order valence-corrected chi connectivity index (χ0v) is 17.2. The smallest absolute Gasteiger partial charge is 0.492 e. The largest absolute Gasteiger partial charge is 0.496 e. The van der Waals surface area contributed by atoms with Gasteiger partial charge in [0, 0.05) is 5.46 Å². The molecule has 6 heteroatoms. The van der Waals surface area contributed by atoms with E-state index in [0.717, 1.165) is 30.9 Å². The predicted octanol–water partition coefficient (Wildman–Crippen LogP) is 3.80. The monoisotopic (exact) mass is 379 g/mol. The van der Waals surface area contributed by atoms with Gasteiger partial charge in [-0.3, -0.25) is 0 Å².